The lowest BCUT2D eigenvalue weighted by molar-refractivity contribution is 0.0953. The minimum atomic E-state index is -0.364. The lowest BCUT2D eigenvalue weighted by atomic mass is 10.1. The van der Waals surface area contributed by atoms with E-state index in [4.69, 9.17) is 0 Å². The zero-order valence-electron chi connectivity index (χ0n) is 11.1. The third-order valence-corrected chi connectivity index (χ3v) is 3.84. The first-order valence-corrected chi connectivity index (χ1v) is 7.43. The van der Waals surface area contributed by atoms with Crippen molar-refractivity contribution >= 4 is 28.5 Å². The molecule has 0 fully saturated rings. The lowest BCUT2D eigenvalue weighted by Gasteiger charge is -2.06. The summed E-state index contributed by atoms with van der Waals surface area (Å²) in [6, 6.07) is 12.7. The van der Waals surface area contributed by atoms with Gasteiger partial charge in [-0.25, -0.2) is 4.39 Å². The highest BCUT2D eigenvalue weighted by Crippen LogP contribution is 2.12. The minimum absolute atomic E-state index is 0.243. The Morgan fingerprint density at radius 2 is 2.05 bits per heavy atom. The number of halogens is 2. The van der Waals surface area contributed by atoms with E-state index < -0.39 is 0 Å². The molecule has 0 saturated heterocycles. The van der Waals surface area contributed by atoms with Crippen molar-refractivity contribution in [2.75, 3.05) is 6.54 Å². The number of carbonyl (C=O) groups excluding carboxylic acids is 1. The standard InChI is InChI=1S/C16H15FINO/c1-11-3-2-4-12(9-11)7-8-19-16(20)13-5-6-15(18)14(17)10-13/h2-6,9-10H,7-8H2,1H3,(H,19,20). The van der Waals surface area contributed by atoms with Crippen LogP contribution >= 0.6 is 22.6 Å². The molecule has 2 nitrogen and oxygen atoms in total. The van der Waals surface area contributed by atoms with Gasteiger partial charge in [0.05, 0.1) is 0 Å². The molecular weight excluding hydrogens is 368 g/mol. The number of nitrogens with one attached hydrogen (secondary N) is 1. The Bertz CT molecular complexity index is 628. The highest BCUT2D eigenvalue weighted by atomic mass is 127. The maximum Gasteiger partial charge on any atom is 0.251 e. The summed E-state index contributed by atoms with van der Waals surface area (Å²) < 4.78 is 13.9. The molecule has 0 aliphatic carbocycles. The van der Waals surface area contributed by atoms with E-state index in [9.17, 15) is 9.18 Å². The van der Waals surface area contributed by atoms with Crippen LogP contribution in [0.25, 0.3) is 0 Å². The highest BCUT2D eigenvalue weighted by Gasteiger charge is 2.08. The van der Waals surface area contributed by atoms with Crippen LogP contribution in [-0.2, 0) is 6.42 Å². The Balaban J connectivity index is 1.90. The second-order valence-corrected chi connectivity index (χ2v) is 5.79. The van der Waals surface area contributed by atoms with Gasteiger partial charge in [0.15, 0.2) is 0 Å². The quantitative estimate of drug-likeness (QED) is 0.802. The summed E-state index contributed by atoms with van der Waals surface area (Å²) in [5, 5.41) is 2.81. The molecule has 0 atom stereocenters. The van der Waals surface area contributed by atoms with Crippen molar-refractivity contribution in [3.8, 4) is 0 Å². The Morgan fingerprint density at radius 3 is 2.75 bits per heavy atom. The van der Waals surface area contributed by atoms with Crippen LogP contribution in [0.4, 0.5) is 4.39 Å². The summed E-state index contributed by atoms with van der Waals surface area (Å²) in [6.45, 7) is 2.58. The van der Waals surface area contributed by atoms with Crippen molar-refractivity contribution in [1.82, 2.24) is 5.32 Å². The van der Waals surface area contributed by atoms with Crippen LogP contribution in [0.15, 0.2) is 42.5 Å². The summed E-state index contributed by atoms with van der Waals surface area (Å²) in [4.78, 5) is 11.9. The van der Waals surface area contributed by atoms with Gasteiger partial charge < -0.3 is 5.32 Å². The van der Waals surface area contributed by atoms with E-state index >= 15 is 0 Å². The van der Waals surface area contributed by atoms with Crippen LogP contribution in [-0.4, -0.2) is 12.5 Å². The lowest BCUT2D eigenvalue weighted by Crippen LogP contribution is -2.25. The number of benzene rings is 2. The van der Waals surface area contributed by atoms with Crippen molar-refractivity contribution in [2.24, 2.45) is 0 Å². The van der Waals surface area contributed by atoms with E-state index in [-0.39, 0.29) is 11.7 Å². The minimum Gasteiger partial charge on any atom is -0.352 e. The maximum atomic E-state index is 13.4. The summed E-state index contributed by atoms with van der Waals surface area (Å²) >= 11 is 1.90. The number of carbonyl (C=O) groups is 1. The first kappa shape index (κ1) is 15.0. The van der Waals surface area contributed by atoms with Gasteiger partial charge in [-0.15, -0.1) is 0 Å². The average molecular weight is 383 g/mol. The van der Waals surface area contributed by atoms with Gasteiger partial charge in [0.25, 0.3) is 5.91 Å². The topological polar surface area (TPSA) is 29.1 Å². The Morgan fingerprint density at radius 1 is 1.25 bits per heavy atom. The largest absolute Gasteiger partial charge is 0.352 e. The summed E-state index contributed by atoms with van der Waals surface area (Å²) in [5.74, 6) is -0.607. The Kier molecular flexibility index (Phi) is 5.11. The summed E-state index contributed by atoms with van der Waals surface area (Å²) in [5.41, 5.74) is 2.74. The van der Waals surface area contributed by atoms with Crippen LogP contribution < -0.4 is 5.32 Å². The molecule has 0 aliphatic rings. The van der Waals surface area contributed by atoms with Crippen LogP contribution in [0, 0.1) is 16.3 Å². The molecule has 0 heterocycles. The molecule has 1 amide bonds. The average Bonchev–Trinajstić information content (AvgIpc) is 2.42. The molecule has 0 aliphatic heterocycles. The number of hydrogen-bond donors (Lipinski definition) is 1. The van der Waals surface area contributed by atoms with Gasteiger partial charge in [-0.05, 0) is 59.7 Å². The number of rotatable bonds is 4. The third kappa shape index (κ3) is 4.03. The molecule has 0 unspecified atom stereocenters. The van der Waals surface area contributed by atoms with E-state index in [0.29, 0.717) is 15.7 Å². The molecule has 2 aromatic carbocycles. The summed E-state index contributed by atoms with van der Waals surface area (Å²) in [6.07, 6.45) is 0.764. The van der Waals surface area contributed by atoms with E-state index in [2.05, 4.69) is 11.4 Å². The fourth-order valence-corrected chi connectivity index (χ4v) is 2.26. The van der Waals surface area contributed by atoms with Crippen LogP contribution in [0.5, 0.6) is 0 Å². The fraction of sp³-hybridized carbons (Fsp3) is 0.188. The van der Waals surface area contributed by atoms with Gasteiger partial charge >= 0.3 is 0 Å². The van der Waals surface area contributed by atoms with E-state index in [1.807, 2.05) is 47.7 Å². The van der Waals surface area contributed by atoms with Crippen LogP contribution in [0.1, 0.15) is 21.5 Å². The SMILES string of the molecule is Cc1cccc(CCNC(=O)c2ccc(I)c(F)c2)c1. The predicted molar refractivity (Wildman–Crippen MR) is 86.3 cm³/mol. The van der Waals surface area contributed by atoms with Gasteiger partial charge in [0.1, 0.15) is 5.82 Å². The molecule has 1 N–H and O–H groups in total. The number of aryl methyl sites for hydroxylation is 1. The second-order valence-electron chi connectivity index (χ2n) is 4.62. The molecule has 0 radical (unpaired) electrons. The number of hydrogen-bond acceptors (Lipinski definition) is 1. The smallest absolute Gasteiger partial charge is 0.251 e. The maximum absolute atomic E-state index is 13.4. The molecule has 0 saturated carbocycles. The van der Waals surface area contributed by atoms with Gasteiger partial charge in [0.2, 0.25) is 0 Å². The molecule has 20 heavy (non-hydrogen) atoms. The Hall–Kier alpha value is -1.43. The molecule has 2 rings (SSSR count). The van der Waals surface area contributed by atoms with E-state index in [0.717, 1.165) is 6.42 Å². The Labute approximate surface area is 131 Å². The fourth-order valence-electron chi connectivity index (χ4n) is 1.93. The zero-order chi connectivity index (χ0) is 14.5. The first-order valence-electron chi connectivity index (χ1n) is 6.35. The molecule has 104 valence electrons. The zero-order valence-corrected chi connectivity index (χ0v) is 13.3. The van der Waals surface area contributed by atoms with Gasteiger partial charge in [0, 0.05) is 15.7 Å². The molecule has 0 bridgehead atoms. The normalized spacial score (nSPS) is 10.3. The highest BCUT2D eigenvalue weighted by molar-refractivity contribution is 14.1. The van der Waals surface area contributed by atoms with E-state index in [1.165, 1.54) is 17.2 Å². The van der Waals surface area contributed by atoms with Crippen LogP contribution in [0.2, 0.25) is 0 Å². The van der Waals surface area contributed by atoms with Crippen molar-refractivity contribution in [2.45, 2.75) is 13.3 Å². The van der Waals surface area contributed by atoms with Gasteiger partial charge in [-0.3, -0.25) is 4.79 Å². The third-order valence-electron chi connectivity index (χ3n) is 2.96. The monoisotopic (exact) mass is 383 g/mol. The van der Waals surface area contributed by atoms with Gasteiger partial charge in [-0.1, -0.05) is 29.8 Å². The van der Waals surface area contributed by atoms with Crippen molar-refractivity contribution in [1.29, 1.82) is 0 Å². The van der Waals surface area contributed by atoms with Crippen molar-refractivity contribution in [3.05, 3.63) is 68.5 Å². The summed E-state index contributed by atoms with van der Waals surface area (Å²) in [7, 11) is 0. The van der Waals surface area contributed by atoms with E-state index in [1.54, 1.807) is 12.1 Å². The van der Waals surface area contributed by atoms with Crippen molar-refractivity contribution < 1.29 is 9.18 Å². The van der Waals surface area contributed by atoms with Gasteiger partial charge in [-0.2, -0.15) is 0 Å². The van der Waals surface area contributed by atoms with Crippen LogP contribution in [0.3, 0.4) is 0 Å². The predicted octanol–water partition coefficient (Wildman–Crippen LogP) is 3.71. The molecule has 0 spiro atoms. The first-order chi connectivity index (χ1) is 9.56. The molecule has 4 heteroatoms. The second kappa shape index (κ2) is 6.83. The van der Waals surface area contributed by atoms with Crippen molar-refractivity contribution in [3.63, 3.8) is 0 Å². The molecule has 0 aromatic heterocycles. The number of amides is 1. The molecule has 2 aromatic rings. The molecular formula is C16H15FINO.